The Kier molecular flexibility index (Phi) is 4.95. The number of hydrogen-bond donors (Lipinski definition) is 2. The fourth-order valence-corrected chi connectivity index (χ4v) is 2.04. The summed E-state index contributed by atoms with van der Waals surface area (Å²) in [7, 11) is 1.45. The maximum atomic E-state index is 11.3. The lowest BCUT2D eigenvalue weighted by atomic mass is 10.6. The SMILES string of the molecule is CCn1c(C)nnc1SCC(=O)NC(=O)NC. The zero-order chi connectivity index (χ0) is 12.8. The van der Waals surface area contributed by atoms with Crippen LogP contribution in [-0.4, -0.2) is 39.5 Å². The van der Waals surface area contributed by atoms with Gasteiger partial charge in [0, 0.05) is 13.6 Å². The molecule has 1 aromatic rings. The third-order valence-electron chi connectivity index (χ3n) is 2.03. The average Bonchev–Trinajstić information content (AvgIpc) is 2.66. The van der Waals surface area contributed by atoms with E-state index in [1.807, 2.05) is 18.4 Å². The van der Waals surface area contributed by atoms with Crippen LogP contribution in [0, 0.1) is 6.92 Å². The van der Waals surface area contributed by atoms with E-state index in [1.165, 1.54) is 18.8 Å². The van der Waals surface area contributed by atoms with Crippen molar-refractivity contribution >= 4 is 23.7 Å². The van der Waals surface area contributed by atoms with E-state index in [4.69, 9.17) is 0 Å². The highest BCUT2D eigenvalue weighted by atomic mass is 32.2. The number of hydrogen-bond acceptors (Lipinski definition) is 5. The first kappa shape index (κ1) is 13.5. The molecule has 1 heterocycles. The van der Waals surface area contributed by atoms with Crippen LogP contribution in [0.1, 0.15) is 12.7 Å². The van der Waals surface area contributed by atoms with Crippen LogP contribution in [-0.2, 0) is 11.3 Å². The minimum absolute atomic E-state index is 0.131. The van der Waals surface area contributed by atoms with Crippen molar-refractivity contribution in [2.75, 3.05) is 12.8 Å². The van der Waals surface area contributed by atoms with Gasteiger partial charge in [-0.05, 0) is 13.8 Å². The molecule has 0 fully saturated rings. The van der Waals surface area contributed by atoms with Crippen LogP contribution >= 0.6 is 11.8 Å². The lowest BCUT2D eigenvalue weighted by molar-refractivity contribution is -0.117. The summed E-state index contributed by atoms with van der Waals surface area (Å²) in [5.74, 6) is 0.574. The third kappa shape index (κ3) is 3.74. The Labute approximate surface area is 103 Å². The lowest BCUT2D eigenvalue weighted by Gasteiger charge is -2.05. The Bertz CT molecular complexity index is 418. The van der Waals surface area contributed by atoms with E-state index in [0.29, 0.717) is 5.16 Å². The number of amides is 3. The highest BCUT2D eigenvalue weighted by molar-refractivity contribution is 7.99. The van der Waals surface area contributed by atoms with Crippen LogP contribution in [0.5, 0.6) is 0 Å². The lowest BCUT2D eigenvalue weighted by Crippen LogP contribution is -2.38. The van der Waals surface area contributed by atoms with E-state index in [-0.39, 0.29) is 11.7 Å². The van der Waals surface area contributed by atoms with Crippen molar-refractivity contribution in [2.45, 2.75) is 25.5 Å². The standard InChI is InChI=1S/C9H15N5O2S/c1-4-14-6(2)12-13-9(14)17-5-7(15)11-8(16)10-3/h4-5H2,1-3H3,(H2,10,11,15,16). The zero-order valence-electron chi connectivity index (χ0n) is 9.98. The molecule has 0 radical (unpaired) electrons. The molecule has 0 saturated heterocycles. The monoisotopic (exact) mass is 257 g/mol. The summed E-state index contributed by atoms with van der Waals surface area (Å²) in [4.78, 5) is 22.2. The van der Waals surface area contributed by atoms with Gasteiger partial charge in [0.15, 0.2) is 5.16 Å². The van der Waals surface area contributed by atoms with Crippen molar-refractivity contribution in [1.29, 1.82) is 0 Å². The molecule has 0 bridgehead atoms. The molecule has 1 aromatic heterocycles. The highest BCUT2D eigenvalue weighted by Crippen LogP contribution is 2.15. The maximum Gasteiger partial charge on any atom is 0.321 e. The number of nitrogens with zero attached hydrogens (tertiary/aromatic N) is 3. The summed E-state index contributed by atoms with van der Waals surface area (Å²) < 4.78 is 1.90. The van der Waals surface area contributed by atoms with E-state index in [2.05, 4.69) is 20.8 Å². The molecule has 17 heavy (non-hydrogen) atoms. The summed E-state index contributed by atoms with van der Waals surface area (Å²) in [6.07, 6.45) is 0. The van der Waals surface area contributed by atoms with Crippen LogP contribution in [0.2, 0.25) is 0 Å². The Balaban J connectivity index is 2.50. The van der Waals surface area contributed by atoms with Gasteiger partial charge in [-0.2, -0.15) is 0 Å². The number of thioether (sulfide) groups is 1. The van der Waals surface area contributed by atoms with Crippen molar-refractivity contribution in [3.05, 3.63) is 5.82 Å². The van der Waals surface area contributed by atoms with Gasteiger partial charge in [0.1, 0.15) is 5.82 Å². The molecule has 0 spiro atoms. The van der Waals surface area contributed by atoms with Crippen molar-refractivity contribution < 1.29 is 9.59 Å². The fraction of sp³-hybridized carbons (Fsp3) is 0.556. The van der Waals surface area contributed by atoms with Crippen LogP contribution in [0.25, 0.3) is 0 Å². The van der Waals surface area contributed by atoms with Crippen molar-refractivity contribution in [1.82, 2.24) is 25.4 Å². The van der Waals surface area contributed by atoms with Gasteiger partial charge in [-0.3, -0.25) is 10.1 Å². The average molecular weight is 257 g/mol. The van der Waals surface area contributed by atoms with E-state index < -0.39 is 6.03 Å². The maximum absolute atomic E-state index is 11.3. The van der Waals surface area contributed by atoms with Crippen LogP contribution in [0.3, 0.4) is 0 Å². The van der Waals surface area contributed by atoms with E-state index in [0.717, 1.165) is 12.4 Å². The van der Waals surface area contributed by atoms with Crippen LogP contribution in [0.4, 0.5) is 4.79 Å². The summed E-state index contributed by atoms with van der Waals surface area (Å²) in [5, 5.41) is 13.0. The van der Waals surface area contributed by atoms with Gasteiger partial charge in [0.05, 0.1) is 5.75 Å². The quantitative estimate of drug-likeness (QED) is 0.750. The molecule has 0 atom stereocenters. The number of carbonyl (C=O) groups is 2. The van der Waals surface area contributed by atoms with E-state index in [9.17, 15) is 9.59 Å². The molecule has 0 aromatic carbocycles. The number of carbonyl (C=O) groups excluding carboxylic acids is 2. The second kappa shape index (κ2) is 6.24. The Morgan fingerprint density at radius 1 is 1.41 bits per heavy atom. The molecule has 0 aliphatic heterocycles. The molecule has 1 rings (SSSR count). The molecule has 0 aliphatic rings. The number of imide groups is 1. The van der Waals surface area contributed by atoms with Gasteiger partial charge in [-0.25, -0.2) is 4.79 Å². The predicted molar refractivity (Wildman–Crippen MR) is 63.8 cm³/mol. The predicted octanol–water partition coefficient (Wildman–Crippen LogP) is 0.154. The number of rotatable bonds is 4. The van der Waals surface area contributed by atoms with Crippen molar-refractivity contribution in [3.63, 3.8) is 0 Å². The van der Waals surface area contributed by atoms with Gasteiger partial charge in [-0.15, -0.1) is 10.2 Å². The molecular formula is C9H15N5O2S. The summed E-state index contributed by atoms with van der Waals surface area (Å²) >= 11 is 1.25. The topological polar surface area (TPSA) is 88.9 Å². The van der Waals surface area contributed by atoms with Crippen LogP contribution in [0.15, 0.2) is 5.16 Å². The molecule has 3 amide bonds. The Morgan fingerprint density at radius 2 is 2.12 bits per heavy atom. The van der Waals surface area contributed by atoms with E-state index in [1.54, 1.807) is 0 Å². The number of aryl methyl sites for hydroxylation is 1. The van der Waals surface area contributed by atoms with Crippen molar-refractivity contribution in [2.24, 2.45) is 0 Å². The molecule has 7 nitrogen and oxygen atoms in total. The molecule has 0 saturated carbocycles. The second-order valence-corrected chi connectivity index (χ2v) is 4.13. The smallest absolute Gasteiger partial charge is 0.321 e. The molecular weight excluding hydrogens is 242 g/mol. The van der Waals surface area contributed by atoms with E-state index >= 15 is 0 Å². The Morgan fingerprint density at radius 3 is 2.71 bits per heavy atom. The first-order valence-electron chi connectivity index (χ1n) is 5.12. The first-order valence-corrected chi connectivity index (χ1v) is 6.11. The molecule has 94 valence electrons. The van der Waals surface area contributed by atoms with Crippen molar-refractivity contribution in [3.8, 4) is 0 Å². The van der Waals surface area contributed by atoms with Gasteiger partial charge >= 0.3 is 6.03 Å². The van der Waals surface area contributed by atoms with Gasteiger partial charge in [-0.1, -0.05) is 11.8 Å². The molecule has 0 aliphatic carbocycles. The zero-order valence-corrected chi connectivity index (χ0v) is 10.8. The summed E-state index contributed by atoms with van der Waals surface area (Å²) in [6, 6.07) is -0.510. The number of urea groups is 1. The fourth-order valence-electron chi connectivity index (χ4n) is 1.19. The first-order chi connectivity index (χ1) is 8.08. The summed E-state index contributed by atoms with van der Waals surface area (Å²) in [5.41, 5.74) is 0. The normalized spacial score (nSPS) is 10.1. The highest BCUT2D eigenvalue weighted by Gasteiger charge is 2.11. The van der Waals surface area contributed by atoms with Crippen LogP contribution < -0.4 is 10.6 Å². The molecule has 8 heteroatoms. The minimum Gasteiger partial charge on any atom is -0.341 e. The van der Waals surface area contributed by atoms with Gasteiger partial charge < -0.3 is 9.88 Å². The number of aromatic nitrogens is 3. The molecule has 0 unspecified atom stereocenters. The largest absolute Gasteiger partial charge is 0.341 e. The minimum atomic E-state index is -0.510. The third-order valence-corrected chi connectivity index (χ3v) is 3.00. The van der Waals surface area contributed by atoms with Gasteiger partial charge in [0.25, 0.3) is 0 Å². The van der Waals surface area contributed by atoms with Gasteiger partial charge in [0.2, 0.25) is 5.91 Å². The summed E-state index contributed by atoms with van der Waals surface area (Å²) in [6.45, 7) is 4.58. The Hall–Kier alpha value is -1.57. The second-order valence-electron chi connectivity index (χ2n) is 3.19. The molecule has 2 N–H and O–H groups in total. The number of nitrogens with one attached hydrogen (secondary N) is 2.